The van der Waals surface area contributed by atoms with Gasteiger partial charge in [-0.3, -0.25) is 9.35 Å². The molecule has 57 heavy (non-hydrogen) atoms. The molecule has 0 saturated carbocycles. The number of hydrogen-bond donors (Lipinski definition) is 7. The highest BCUT2D eigenvalue weighted by molar-refractivity contribution is 7.80. The third kappa shape index (κ3) is 27.1. The molecule has 0 aromatic carbocycles. The Kier molecular flexibility index (Phi) is 32.2. The maximum absolute atomic E-state index is 13.0. The summed E-state index contributed by atoms with van der Waals surface area (Å²) >= 11 is 0. The van der Waals surface area contributed by atoms with Gasteiger partial charge in [0.25, 0.3) is 0 Å². The number of rotatable bonds is 37. The Hall–Kier alpha value is -1.46. The quantitative estimate of drug-likeness (QED) is 0.0189. The Morgan fingerprint density at radius 2 is 1.18 bits per heavy atom. The number of aliphatic hydroxyl groups excluding tert-OH is 5. The molecule has 1 heterocycles. The molecule has 0 bridgehead atoms. The zero-order chi connectivity index (χ0) is 42.2. The van der Waals surface area contributed by atoms with Crippen molar-refractivity contribution in [3.63, 3.8) is 0 Å². The molecule has 0 radical (unpaired) electrons. The van der Waals surface area contributed by atoms with Crippen LogP contribution in [0.3, 0.4) is 0 Å². The summed E-state index contributed by atoms with van der Waals surface area (Å²) in [5.41, 5.74) is 0. The van der Waals surface area contributed by atoms with E-state index < -0.39 is 78.5 Å². The van der Waals surface area contributed by atoms with Gasteiger partial charge < -0.3 is 40.3 Å². The van der Waals surface area contributed by atoms with Crippen LogP contribution in [0.15, 0.2) is 24.3 Å². The van der Waals surface area contributed by atoms with E-state index in [0.717, 1.165) is 77.0 Å². The number of unbranched alkanes of at least 4 members (excludes halogenated alkanes) is 20. The van der Waals surface area contributed by atoms with E-state index in [1.165, 1.54) is 64.2 Å². The molecule has 1 aliphatic rings. The molecule has 336 valence electrons. The fourth-order valence-electron chi connectivity index (χ4n) is 7.02. The van der Waals surface area contributed by atoms with E-state index in [0.29, 0.717) is 19.3 Å². The summed E-state index contributed by atoms with van der Waals surface area (Å²) in [6.45, 7) is 3.17. The Bertz CT molecular complexity index is 1140. The molecule has 0 aromatic heterocycles. The summed E-state index contributed by atoms with van der Waals surface area (Å²) < 4.78 is 47.3. The van der Waals surface area contributed by atoms with E-state index in [-0.39, 0.29) is 6.42 Å². The van der Waals surface area contributed by atoms with Crippen LogP contribution in [-0.2, 0) is 28.9 Å². The van der Waals surface area contributed by atoms with Crippen LogP contribution in [0.1, 0.15) is 181 Å². The molecule has 8 unspecified atom stereocenters. The van der Waals surface area contributed by atoms with Gasteiger partial charge in [0.15, 0.2) is 6.29 Å². The van der Waals surface area contributed by atoms with Gasteiger partial charge in [-0.05, 0) is 44.9 Å². The van der Waals surface area contributed by atoms with Gasteiger partial charge in [-0.25, -0.2) is 4.18 Å². The highest BCUT2D eigenvalue weighted by Gasteiger charge is 2.48. The van der Waals surface area contributed by atoms with Crippen molar-refractivity contribution in [2.75, 3.05) is 13.2 Å². The number of amides is 1. The Morgan fingerprint density at radius 1 is 0.702 bits per heavy atom. The first-order valence-corrected chi connectivity index (χ1v) is 23.7. The first kappa shape index (κ1) is 53.6. The summed E-state index contributed by atoms with van der Waals surface area (Å²) in [7, 11) is -5.10. The fraction of sp³-hybridized carbons (Fsp3) is 0.884. The molecule has 0 aliphatic carbocycles. The molecule has 1 rings (SSSR count). The number of ether oxygens (including phenoxy) is 2. The smallest absolute Gasteiger partial charge is 0.394 e. The van der Waals surface area contributed by atoms with E-state index in [1.54, 1.807) is 0 Å². The van der Waals surface area contributed by atoms with Crippen LogP contribution in [0.2, 0.25) is 0 Å². The van der Waals surface area contributed by atoms with Crippen LogP contribution in [0, 0.1) is 0 Å². The molecule has 1 fully saturated rings. The van der Waals surface area contributed by atoms with Crippen molar-refractivity contribution in [3.05, 3.63) is 24.3 Å². The van der Waals surface area contributed by atoms with Crippen LogP contribution in [0.25, 0.3) is 0 Å². The van der Waals surface area contributed by atoms with E-state index in [1.807, 2.05) is 0 Å². The standard InChI is InChI=1S/C43H81NO12S/c1-3-5-7-9-11-12-13-14-15-16-17-18-19-20-21-22-23-24-25-26-28-30-32-37(47)42(50)44-35(36(46)31-29-27-10-8-6-4-2)34-54-43-40(49)41(56-57(51,52)53)39(48)38(33-45)55-43/h17-18,20-21,35-41,43,45-49H,3-16,19,22-34H2,1-2H3,(H,44,50)(H,51,52,53)/b18-17-,21-20-. The van der Waals surface area contributed by atoms with Crippen LogP contribution in [0.4, 0.5) is 0 Å². The SMILES string of the molecule is CCCCCCCCCCC/C=C\C/C=C\CCCCCCCCC(O)C(=O)NC(COC1OC(CO)C(O)C(OS(=O)(=O)O)C1O)C(O)CCCCCCCC. The van der Waals surface area contributed by atoms with Crippen molar-refractivity contribution < 1.29 is 57.0 Å². The summed E-state index contributed by atoms with van der Waals surface area (Å²) in [5, 5.41) is 54.9. The Labute approximate surface area is 345 Å². The molecule has 13 nitrogen and oxygen atoms in total. The number of carbonyl (C=O) groups excluding carboxylic acids is 1. The molecule has 0 aromatic rings. The van der Waals surface area contributed by atoms with Crippen LogP contribution < -0.4 is 5.32 Å². The lowest BCUT2D eigenvalue weighted by Crippen LogP contribution is -2.61. The molecule has 7 N–H and O–H groups in total. The summed E-state index contributed by atoms with van der Waals surface area (Å²) in [6.07, 6.45) is 25.7. The monoisotopic (exact) mass is 836 g/mol. The van der Waals surface area contributed by atoms with Gasteiger partial charge in [0, 0.05) is 0 Å². The van der Waals surface area contributed by atoms with Gasteiger partial charge in [0.05, 0.1) is 25.4 Å². The van der Waals surface area contributed by atoms with Crippen LogP contribution in [-0.4, -0.2) is 107 Å². The van der Waals surface area contributed by atoms with Crippen molar-refractivity contribution >= 4 is 16.3 Å². The van der Waals surface area contributed by atoms with Gasteiger partial charge >= 0.3 is 10.4 Å². The maximum Gasteiger partial charge on any atom is 0.397 e. The summed E-state index contributed by atoms with van der Waals surface area (Å²) in [6, 6.07) is -1.03. The first-order chi connectivity index (χ1) is 27.4. The van der Waals surface area contributed by atoms with Crippen molar-refractivity contribution in [2.24, 2.45) is 0 Å². The normalized spacial score (nSPS) is 22.0. The number of allylic oxidation sites excluding steroid dienone is 4. The van der Waals surface area contributed by atoms with Gasteiger partial charge in [-0.2, -0.15) is 8.42 Å². The van der Waals surface area contributed by atoms with Gasteiger partial charge in [-0.1, -0.05) is 160 Å². The van der Waals surface area contributed by atoms with E-state index in [4.69, 9.17) is 14.0 Å². The average Bonchev–Trinajstić information content (AvgIpc) is 3.18. The molecular weight excluding hydrogens is 755 g/mol. The van der Waals surface area contributed by atoms with E-state index >= 15 is 0 Å². The van der Waals surface area contributed by atoms with Crippen molar-refractivity contribution in [3.8, 4) is 0 Å². The minimum atomic E-state index is -5.10. The third-order valence-corrected chi connectivity index (χ3v) is 11.1. The minimum Gasteiger partial charge on any atom is -0.394 e. The first-order valence-electron chi connectivity index (χ1n) is 22.3. The number of nitrogens with one attached hydrogen (secondary N) is 1. The van der Waals surface area contributed by atoms with Gasteiger partial charge in [0.1, 0.15) is 30.5 Å². The lowest BCUT2D eigenvalue weighted by Gasteiger charge is -2.41. The lowest BCUT2D eigenvalue weighted by molar-refractivity contribution is -0.298. The van der Waals surface area contributed by atoms with Gasteiger partial charge in [0.2, 0.25) is 5.91 Å². The van der Waals surface area contributed by atoms with Crippen molar-refractivity contribution in [1.29, 1.82) is 0 Å². The van der Waals surface area contributed by atoms with Crippen LogP contribution in [0.5, 0.6) is 0 Å². The highest BCUT2D eigenvalue weighted by atomic mass is 32.3. The predicted octanol–water partition coefficient (Wildman–Crippen LogP) is 7.13. The largest absolute Gasteiger partial charge is 0.397 e. The number of hydrogen-bond acceptors (Lipinski definition) is 11. The second-order valence-corrected chi connectivity index (χ2v) is 16.8. The fourth-order valence-corrected chi connectivity index (χ4v) is 7.53. The number of carbonyl (C=O) groups is 1. The molecule has 1 aliphatic heterocycles. The molecular formula is C43H81NO12S. The lowest BCUT2D eigenvalue weighted by atomic mass is 9.99. The molecule has 8 atom stereocenters. The Morgan fingerprint density at radius 3 is 1.67 bits per heavy atom. The van der Waals surface area contributed by atoms with E-state index in [2.05, 4.69) is 47.7 Å². The highest BCUT2D eigenvalue weighted by Crippen LogP contribution is 2.26. The van der Waals surface area contributed by atoms with Crippen molar-refractivity contribution in [1.82, 2.24) is 5.32 Å². The zero-order valence-corrected chi connectivity index (χ0v) is 36.1. The summed E-state index contributed by atoms with van der Waals surface area (Å²) in [5.74, 6) is -0.683. The molecule has 0 spiro atoms. The van der Waals surface area contributed by atoms with E-state index in [9.17, 15) is 38.7 Å². The molecule has 1 amide bonds. The molecule has 14 heteroatoms. The predicted molar refractivity (Wildman–Crippen MR) is 224 cm³/mol. The van der Waals surface area contributed by atoms with Gasteiger partial charge in [-0.15, -0.1) is 0 Å². The third-order valence-electron chi connectivity index (χ3n) is 10.6. The summed E-state index contributed by atoms with van der Waals surface area (Å²) in [4.78, 5) is 13.0. The number of aliphatic hydroxyl groups is 5. The van der Waals surface area contributed by atoms with Crippen molar-refractivity contribution in [2.45, 2.75) is 230 Å². The minimum absolute atomic E-state index is 0.248. The topological polar surface area (TPSA) is 212 Å². The Balaban J connectivity index is 2.41. The molecule has 1 saturated heterocycles. The second kappa shape index (κ2) is 34.3. The average molecular weight is 836 g/mol. The van der Waals surface area contributed by atoms with Crippen LogP contribution >= 0.6 is 0 Å². The maximum atomic E-state index is 13.0. The zero-order valence-electron chi connectivity index (χ0n) is 35.3. The second-order valence-electron chi connectivity index (χ2n) is 15.8.